The minimum atomic E-state index is -0.621. The number of aromatic hydroxyl groups is 2. The fourth-order valence-electron chi connectivity index (χ4n) is 1.80. The number of halogens is 1. The summed E-state index contributed by atoms with van der Waals surface area (Å²) in [5, 5.41) is 22.7. The van der Waals surface area contributed by atoms with Crippen molar-refractivity contribution in [1.29, 1.82) is 0 Å². The predicted molar refractivity (Wildman–Crippen MR) is 93.3 cm³/mol. The number of hydrogen-bond acceptors (Lipinski definition) is 5. The van der Waals surface area contributed by atoms with Gasteiger partial charge in [-0.2, -0.15) is 5.10 Å². The fraction of sp³-hybridized carbons (Fsp3) is 0.0588. The van der Waals surface area contributed by atoms with Gasteiger partial charge >= 0.3 is 0 Å². The summed E-state index contributed by atoms with van der Waals surface area (Å²) in [6.45, 7) is 0.107. The molecule has 7 heteroatoms. The predicted octanol–water partition coefficient (Wildman–Crippen LogP) is 2.64. The van der Waals surface area contributed by atoms with E-state index < -0.39 is 5.91 Å². The minimum absolute atomic E-state index is 0.0111. The molecular weight excluding hydrogens is 376 g/mol. The van der Waals surface area contributed by atoms with Crippen LogP contribution in [0.1, 0.15) is 15.9 Å². The van der Waals surface area contributed by atoms with E-state index in [9.17, 15) is 15.0 Å². The monoisotopic (exact) mass is 388 g/mol. The van der Waals surface area contributed by atoms with E-state index in [4.69, 9.17) is 11.2 Å². The van der Waals surface area contributed by atoms with Crippen molar-refractivity contribution in [2.75, 3.05) is 6.61 Å². The van der Waals surface area contributed by atoms with Crippen molar-refractivity contribution in [3.05, 3.63) is 52.0 Å². The van der Waals surface area contributed by atoms with Gasteiger partial charge in [-0.25, -0.2) is 5.43 Å². The van der Waals surface area contributed by atoms with E-state index in [1.165, 1.54) is 18.3 Å². The lowest BCUT2D eigenvalue weighted by Crippen LogP contribution is -2.17. The summed E-state index contributed by atoms with van der Waals surface area (Å²) < 4.78 is 6.19. The molecule has 0 atom stereocenters. The highest BCUT2D eigenvalue weighted by molar-refractivity contribution is 9.10. The maximum Gasteiger partial charge on any atom is 0.275 e. The molecule has 0 aliphatic carbocycles. The van der Waals surface area contributed by atoms with Gasteiger partial charge in [0.15, 0.2) is 0 Å². The lowest BCUT2D eigenvalue weighted by Gasteiger charge is -2.07. The molecule has 0 radical (unpaired) electrons. The number of nitrogens with one attached hydrogen (secondary N) is 1. The number of phenols is 2. The Bertz CT molecular complexity index is 828. The van der Waals surface area contributed by atoms with Gasteiger partial charge in [-0.15, -0.1) is 6.42 Å². The number of terminal acetylenes is 1. The first-order chi connectivity index (χ1) is 11.5. The number of ether oxygens (including phenoxy) is 1. The van der Waals surface area contributed by atoms with Crippen molar-refractivity contribution in [2.24, 2.45) is 5.10 Å². The van der Waals surface area contributed by atoms with Gasteiger partial charge in [-0.3, -0.25) is 4.79 Å². The van der Waals surface area contributed by atoms with E-state index >= 15 is 0 Å². The molecule has 0 saturated heterocycles. The molecule has 24 heavy (non-hydrogen) atoms. The molecule has 3 N–H and O–H groups in total. The summed E-state index contributed by atoms with van der Waals surface area (Å²) in [7, 11) is 0. The highest BCUT2D eigenvalue weighted by Gasteiger charge is 2.10. The van der Waals surface area contributed by atoms with Crippen LogP contribution in [0.3, 0.4) is 0 Å². The first-order valence-electron chi connectivity index (χ1n) is 6.72. The average molecular weight is 389 g/mol. The van der Waals surface area contributed by atoms with E-state index in [2.05, 4.69) is 32.4 Å². The van der Waals surface area contributed by atoms with Crippen LogP contribution in [0.4, 0.5) is 0 Å². The zero-order valence-electron chi connectivity index (χ0n) is 12.4. The number of amides is 1. The number of carbonyl (C=O) groups is 1. The largest absolute Gasteiger partial charge is 0.508 e. The Morgan fingerprint density at radius 3 is 2.83 bits per heavy atom. The summed E-state index contributed by atoms with van der Waals surface area (Å²) in [6, 6.07) is 8.90. The van der Waals surface area contributed by atoms with Gasteiger partial charge in [-0.1, -0.05) is 21.9 Å². The zero-order chi connectivity index (χ0) is 17.5. The molecule has 0 aliphatic heterocycles. The topological polar surface area (TPSA) is 91.2 Å². The summed E-state index contributed by atoms with van der Waals surface area (Å²) >= 11 is 3.34. The molecule has 0 spiro atoms. The normalized spacial score (nSPS) is 10.3. The average Bonchev–Trinajstić information content (AvgIpc) is 2.54. The molecule has 0 heterocycles. The summed E-state index contributed by atoms with van der Waals surface area (Å²) in [4.78, 5) is 12.0. The Kier molecular flexibility index (Phi) is 5.82. The molecular formula is C17H13BrN2O4. The lowest BCUT2D eigenvalue weighted by molar-refractivity contribution is 0.0952. The van der Waals surface area contributed by atoms with Gasteiger partial charge in [0.2, 0.25) is 0 Å². The highest BCUT2D eigenvalue weighted by Crippen LogP contribution is 2.23. The standard InChI is InChI=1S/C17H13BrN2O4/c1-2-7-24-16-6-3-12(18)8-11(16)10-19-20-17(23)14-5-4-13(21)9-15(14)22/h1,3-6,8-10,21-22H,7H2,(H,20,23)/b19-10+. The minimum Gasteiger partial charge on any atom is -0.508 e. The highest BCUT2D eigenvalue weighted by atomic mass is 79.9. The van der Waals surface area contributed by atoms with Crippen LogP contribution in [-0.2, 0) is 0 Å². The molecule has 1 amide bonds. The van der Waals surface area contributed by atoms with Gasteiger partial charge in [0, 0.05) is 16.1 Å². The molecule has 6 nitrogen and oxygen atoms in total. The van der Waals surface area contributed by atoms with Gasteiger partial charge in [-0.05, 0) is 30.3 Å². The molecule has 122 valence electrons. The van der Waals surface area contributed by atoms with E-state index in [1.54, 1.807) is 18.2 Å². The van der Waals surface area contributed by atoms with Crippen LogP contribution in [0.25, 0.3) is 0 Å². The van der Waals surface area contributed by atoms with Gasteiger partial charge in [0.05, 0.1) is 11.8 Å². The fourth-order valence-corrected chi connectivity index (χ4v) is 2.18. The second-order valence-electron chi connectivity index (χ2n) is 4.58. The van der Waals surface area contributed by atoms with E-state index in [0.717, 1.165) is 10.5 Å². The quantitative estimate of drug-likeness (QED) is 0.417. The number of rotatable bonds is 5. The van der Waals surface area contributed by atoms with Gasteiger partial charge in [0.25, 0.3) is 5.91 Å². The van der Waals surface area contributed by atoms with Crippen LogP contribution >= 0.6 is 15.9 Å². The van der Waals surface area contributed by atoms with Crippen LogP contribution in [0, 0.1) is 12.3 Å². The summed E-state index contributed by atoms with van der Waals surface area (Å²) in [6.07, 6.45) is 6.56. The van der Waals surface area contributed by atoms with Crippen molar-refractivity contribution in [3.63, 3.8) is 0 Å². The van der Waals surface area contributed by atoms with Crippen LogP contribution in [0.15, 0.2) is 46.0 Å². The van der Waals surface area contributed by atoms with Crippen LogP contribution < -0.4 is 10.2 Å². The maximum absolute atomic E-state index is 12.0. The molecule has 2 aromatic carbocycles. The zero-order valence-corrected chi connectivity index (χ0v) is 13.9. The number of nitrogens with zero attached hydrogens (tertiary/aromatic N) is 1. The van der Waals surface area contributed by atoms with Crippen LogP contribution in [0.2, 0.25) is 0 Å². The Balaban J connectivity index is 2.12. The van der Waals surface area contributed by atoms with Crippen molar-refractivity contribution in [3.8, 4) is 29.6 Å². The van der Waals surface area contributed by atoms with E-state index in [1.807, 2.05) is 0 Å². The molecule has 2 rings (SSSR count). The third-order valence-electron chi connectivity index (χ3n) is 2.88. The first kappa shape index (κ1) is 17.4. The molecule has 0 unspecified atom stereocenters. The number of carbonyl (C=O) groups excluding carboxylic acids is 1. The molecule has 0 bridgehead atoms. The van der Waals surface area contributed by atoms with E-state index in [-0.39, 0.29) is 23.7 Å². The molecule has 0 aliphatic rings. The number of hydrogen-bond donors (Lipinski definition) is 3. The molecule has 0 aromatic heterocycles. The Hall–Kier alpha value is -2.98. The van der Waals surface area contributed by atoms with Crippen molar-refractivity contribution >= 4 is 28.1 Å². The van der Waals surface area contributed by atoms with Gasteiger partial charge in [0.1, 0.15) is 23.9 Å². The third-order valence-corrected chi connectivity index (χ3v) is 3.37. The van der Waals surface area contributed by atoms with Crippen molar-refractivity contribution in [2.45, 2.75) is 0 Å². The van der Waals surface area contributed by atoms with Gasteiger partial charge < -0.3 is 14.9 Å². The van der Waals surface area contributed by atoms with Crippen molar-refractivity contribution < 1.29 is 19.7 Å². The summed E-state index contributed by atoms with van der Waals surface area (Å²) in [5.74, 6) is 1.78. The van der Waals surface area contributed by atoms with E-state index in [0.29, 0.717) is 11.3 Å². The Morgan fingerprint density at radius 1 is 1.33 bits per heavy atom. The SMILES string of the molecule is C#CCOc1ccc(Br)cc1/C=N/NC(=O)c1ccc(O)cc1O. The Labute approximate surface area is 146 Å². The third kappa shape index (κ3) is 4.51. The number of benzene rings is 2. The molecule has 0 saturated carbocycles. The molecule has 0 fully saturated rings. The van der Waals surface area contributed by atoms with Crippen molar-refractivity contribution in [1.82, 2.24) is 5.43 Å². The second kappa shape index (κ2) is 8.04. The summed E-state index contributed by atoms with van der Waals surface area (Å²) in [5.41, 5.74) is 2.88. The smallest absolute Gasteiger partial charge is 0.275 e. The number of hydrazone groups is 1. The number of phenolic OH excluding ortho intramolecular Hbond substituents is 2. The second-order valence-corrected chi connectivity index (χ2v) is 5.49. The lowest BCUT2D eigenvalue weighted by atomic mass is 10.2. The van der Waals surface area contributed by atoms with Crippen LogP contribution in [0.5, 0.6) is 17.2 Å². The Morgan fingerprint density at radius 2 is 2.12 bits per heavy atom. The molecule has 2 aromatic rings. The first-order valence-corrected chi connectivity index (χ1v) is 7.51. The van der Waals surface area contributed by atoms with Crippen LogP contribution in [-0.4, -0.2) is 28.9 Å². The maximum atomic E-state index is 12.0.